The molecule has 0 aromatic heterocycles. The zero-order valence-corrected chi connectivity index (χ0v) is 12.8. The van der Waals surface area contributed by atoms with Crippen LogP contribution in [0.1, 0.15) is 34.6 Å². The summed E-state index contributed by atoms with van der Waals surface area (Å²) in [4.78, 5) is 0. The summed E-state index contributed by atoms with van der Waals surface area (Å²) in [6.45, 7) is 8.25. The summed E-state index contributed by atoms with van der Waals surface area (Å²) < 4.78 is 28.8. The molecule has 0 aromatic carbocycles. The Morgan fingerprint density at radius 3 is 2.12 bits per heavy atom. The van der Waals surface area contributed by atoms with E-state index in [-0.39, 0.29) is 5.57 Å². The molecule has 0 fully saturated rings. The Kier molecular flexibility index (Phi) is 3.20. The first kappa shape index (κ1) is 13.6. The molecule has 0 aromatic rings. The fourth-order valence-electron chi connectivity index (χ4n) is 2.33. The van der Waals surface area contributed by atoms with Crippen molar-refractivity contribution in [1.29, 1.82) is 0 Å². The summed E-state index contributed by atoms with van der Waals surface area (Å²) in [5, 5.41) is 10.4. The normalized spacial score (nSPS) is 32.6. The molecule has 0 radical (unpaired) electrons. The van der Waals surface area contributed by atoms with E-state index in [9.17, 15) is 9.50 Å². The first-order valence-corrected chi connectivity index (χ1v) is 6.46. The molecule has 0 saturated carbocycles. The number of hydrogen-bond acceptors (Lipinski definition) is 1. The summed E-state index contributed by atoms with van der Waals surface area (Å²) >= 11 is 0. The van der Waals surface area contributed by atoms with Gasteiger partial charge in [-0.15, -0.1) is 0 Å². The van der Waals surface area contributed by atoms with E-state index in [4.69, 9.17) is 0 Å². The van der Waals surface area contributed by atoms with Gasteiger partial charge in [-0.1, -0.05) is 20.8 Å². The summed E-state index contributed by atoms with van der Waals surface area (Å²) in [6.07, 6.45) is -1.37. The highest BCUT2D eigenvalue weighted by atomic mass is 28.1. The van der Waals surface area contributed by atoms with Gasteiger partial charge in [0.15, 0.2) is 5.67 Å². The molecule has 1 N–H and O–H groups in total. The predicted octanol–water partition coefficient (Wildman–Crippen LogP) is 2.00. The van der Waals surface area contributed by atoms with Gasteiger partial charge in [-0.3, -0.25) is 0 Å². The summed E-state index contributed by atoms with van der Waals surface area (Å²) in [6, 6.07) is 0. The Morgan fingerprint density at radius 1 is 1.31 bits per heavy atom. The van der Waals surface area contributed by atoms with Crippen LogP contribution < -0.4 is 0 Å². The average molecular weight is 246 g/mol. The van der Waals surface area contributed by atoms with Gasteiger partial charge in [0.2, 0.25) is 0 Å². The second kappa shape index (κ2) is 3.77. The highest BCUT2D eigenvalue weighted by Crippen LogP contribution is 2.48. The highest BCUT2D eigenvalue weighted by molar-refractivity contribution is 6.24. The summed E-state index contributed by atoms with van der Waals surface area (Å²) in [7, 11) is 0.411. The molecule has 0 spiro atoms. The smallest absolute Gasteiger partial charge is 0.162 e. The third-order valence-corrected chi connectivity index (χ3v) is 5.14. The van der Waals surface area contributed by atoms with Crippen LogP contribution in [0.3, 0.4) is 0 Å². The molecule has 1 aliphatic rings. The minimum Gasteiger partial charge on any atom is -0.385 e. The molecule has 0 aliphatic heterocycles. The minimum absolute atomic E-state index is 0.106. The van der Waals surface area contributed by atoms with Crippen molar-refractivity contribution in [3.05, 3.63) is 22.2 Å². The van der Waals surface area contributed by atoms with Gasteiger partial charge >= 0.3 is 0 Å². The van der Waals surface area contributed by atoms with Gasteiger partial charge in [0.05, 0.1) is 0 Å². The van der Waals surface area contributed by atoms with Crippen molar-refractivity contribution in [2.24, 2.45) is 5.41 Å². The molecule has 0 saturated heterocycles. The topological polar surface area (TPSA) is 20.2 Å². The van der Waals surface area contributed by atoms with Gasteiger partial charge in [-0.2, -0.15) is 0 Å². The van der Waals surface area contributed by atoms with E-state index in [1.807, 2.05) is 0 Å². The van der Waals surface area contributed by atoms with Crippen molar-refractivity contribution in [3.8, 4) is 0 Å². The number of allylic oxidation sites excluding steroid dienone is 2. The van der Waals surface area contributed by atoms with Crippen LogP contribution >= 0.6 is 0 Å². The lowest BCUT2D eigenvalue weighted by molar-refractivity contribution is -0.0347. The van der Waals surface area contributed by atoms with Gasteiger partial charge < -0.3 is 5.11 Å². The third-order valence-electron chi connectivity index (χ3n) is 3.66. The Balaban J connectivity index is 3.48. The van der Waals surface area contributed by atoms with Crippen molar-refractivity contribution < 1.29 is 13.9 Å². The van der Waals surface area contributed by atoms with E-state index in [0.29, 0.717) is 21.0 Å². The van der Waals surface area contributed by atoms with Crippen LogP contribution in [0.4, 0.5) is 8.78 Å². The van der Waals surface area contributed by atoms with Gasteiger partial charge in [0, 0.05) is 15.7 Å². The van der Waals surface area contributed by atoms with Gasteiger partial charge in [-0.25, -0.2) is 8.78 Å². The maximum Gasteiger partial charge on any atom is 0.162 e. The quantitative estimate of drug-likeness (QED) is 0.648. The lowest BCUT2D eigenvalue weighted by Crippen LogP contribution is -2.53. The number of aliphatic hydroxyl groups excluding tert-OH is 1. The molecule has 1 aliphatic carbocycles. The Morgan fingerprint density at radius 2 is 1.75 bits per heavy atom. The molecule has 0 bridgehead atoms. The number of alkyl halides is 1. The number of hydrogen-bond donors (Lipinski definition) is 1. The Labute approximate surface area is 98.7 Å². The monoisotopic (exact) mass is 246 g/mol. The lowest BCUT2D eigenvalue weighted by atomic mass is 9.69. The fourth-order valence-corrected chi connectivity index (χ4v) is 3.57. The zero-order valence-electron chi connectivity index (χ0n) is 10.8. The molecular formula is C12H20F2OSi. The number of rotatable bonds is 0. The SMILES string of the molecule is CC1=C([SiH3])C(F)(C(C)(C)C)C(O)C(C)=C1F. The van der Waals surface area contributed by atoms with Crippen LogP contribution in [0.5, 0.6) is 0 Å². The fraction of sp³-hybridized carbons (Fsp3) is 0.667. The van der Waals surface area contributed by atoms with Crippen molar-refractivity contribution in [2.75, 3.05) is 0 Å². The zero-order chi connectivity index (χ0) is 12.9. The first-order chi connectivity index (χ1) is 7.05. The number of aliphatic hydroxyl groups is 1. The van der Waals surface area contributed by atoms with Crippen LogP contribution in [0.15, 0.2) is 22.2 Å². The van der Waals surface area contributed by atoms with Crippen molar-refractivity contribution >= 4 is 10.2 Å². The molecule has 92 valence electrons. The van der Waals surface area contributed by atoms with E-state index in [0.717, 1.165) is 0 Å². The van der Waals surface area contributed by atoms with Gasteiger partial charge in [0.25, 0.3) is 0 Å². The Hall–Kier alpha value is -0.483. The van der Waals surface area contributed by atoms with Crippen molar-refractivity contribution in [1.82, 2.24) is 0 Å². The molecule has 1 nitrogen and oxygen atoms in total. The second-order valence-corrected chi connectivity index (χ2v) is 6.61. The van der Waals surface area contributed by atoms with E-state index in [2.05, 4.69) is 0 Å². The highest BCUT2D eigenvalue weighted by Gasteiger charge is 2.53. The first-order valence-electron chi connectivity index (χ1n) is 5.46. The molecule has 4 heteroatoms. The minimum atomic E-state index is -1.84. The van der Waals surface area contributed by atoms with E-state index in [1.54, 1.807) is 27.7 Å². The van der Waals surface area contributed by atoms with E-state index >= 15 is 4.39 Å². The van der Waals surface area contributed by atoms with Crippen LogP contribution in [0.25, 0.3) is 0 Å². The lowest BCUT2D eigenvalue weighted by Gasteiger charge is -2.45. The van der Waals surface area contributed by atoms with Crippen molar-refractivity contribution in [2.45, 2.75) is 46.4 Å². The van der Waals surface area contributed by atoms with E-state index in [1.165, 1.54) is 6.92 Å². The van der Waals surface area contributed by atoms with E-state index < -0.39 is 23.0 Å². The van der Waals surface area contributed by atoms with Gasteiger partial charge in [-0.05, 0) is 30.2 Å². The van der Waals surface area contributed by atoms with Crippen LogP contribution in [-0.4, -0.2) is 27.1 Å². The number of halogens is 2. The summed E-state index contributed by atoms with van der Waals surface area (Å²) in [5.41, 5.74) is -2.11. The van der Waals surface area contributed by atoms with Crippen LogP contribution in [0.2, 0.25) is 0 Å². The van der Waals surface area contributed by atoms with Gasteiger partial charge in [0.1, 0.15) is 11.9 Å². The van der Waals surface area contributed by atoms with Crippen molar-refractivity contribution in [3.63, 3.8) is 0 Å². The van der Waals surface area contributed by atoms with Crippen LogP contribution in [-0.2, 0) is 0 Å². The molecule has 1 rings (SSSR count). The molecule has 0 heterocycles. The average Bonchev–Trinajstić information content (AvgIpc) is 2.19. The maximum absolute atomic E-state index is 15.1. The largest absolute Gasteiger partial charge is 0.385 e. The maximum atomic E-state index is 15.1. The summed E-state index contributed by atoms with van der Waals surface area (Å²) in [5.74, 6) is -0.449. The molecule has 2 atom stereocenters. The molecular weight excluding hydrogens is 226 g/mol. The molecule has 0 amide bonds. The molecule has 2 unspecified atom stereocenters. The standard InChI is InChI=1S/C12H20F2OSi/c1-6-8(13)7(2)10(16)12(14,9(6)15)11(3,4)5/h9,15H,1-5,16H3. The Bertz CT molecular complexity index is 379. The second-order valence-electron chi connectivity index (χ2n) is 5.61. The van der Waals surface area contributed by atoms with Crippen LogP contribution in [0, 0.1) is 5.41 Å². The third kappa shape index (κ3) is 1.59. The molecule has 16 heavy (non-hydrogen) atoms. The predicted molar refractivity (Wildman–Crippen MR) is 65.7 cm³/mol.